The van der Waals surface area contributed by atoms with Crippen molar-refractivity contribution in [1.29, 1.82) is 0 Å². The zero-order chi connectivity index (χ0) is 19.7. The SMILES string of the molecule is O=C(O)NC1CCN(C(=O)C(c2cccc3ccccc23)C2(O)CCC2)CC1. The third-order valence-corrected chi connectivity index (χ3v) is 6.27. The summed E-state index contributed by atoms with van der Waals surface area (Å²) in [6.45, 7) is 1.00. The molecule has 4 rings (SSSR count). The molecule has 2 fully saturated rings. The Kier molecular flexibility index (Phi) is 4.98. The minimum Gasteiger partial charge on any atom is -0.465 e. The van der Waals surface area contributed by atoms with E-state index in [1.54, 1.807) is 4.90 Å². The molecule has 2 aliphatic rings. The molecular weight excluding hydrogens is 356 g/mol. The molecule has 1 unspecified atom stereocenters. The molecule has 148 valence electrons. The summed E-state index contributed by atoms with van der Waals surface area (Å²) in [4.78, 5) is 26.2. The summed E-state index contributed by atoms with van der Waals surface area (Å²) in [5.41, 5.74) is -0.117. The average Bonchev–Trinajstić information content (AvgIpc) is 2.67. The maximum atomic E-state index is 13.5. The second-order valence-corrected chi connectivity index (χ2v) is 8.01. The van der Waals surface area contributed by atoms with Gasteiger partial charge in [0.2, 0.25) is 5.91 Å². The highest BCUT2D eigenvalue weighted by molar-refractivity contribution is 5.94. The maximum Gasteiger partial charge on any atom is 0.404 e. The highest BCUT2D eigenvalue weighted by Crippen LogP contribution is 2.46. The fourth-order valence-electron chi connectivity index (χ4n) is 4.58. The first kappa shape index (κ1) is 18.7. The van der Waals surface area contributed by atoms with Crippen molar-refractivity contribution in [3.63, 3.8) is 0 Å². The van der Waals surface area contributed by atoms with Gasteiger partial charge in [-0.3, -0.25) is 4.79 Å². The number of carboxylic acid groups (broad SMARTS) is 1. The molecule has 0 radical (unpaired) electrons. The van der Waals surface area contributed by atoms with Gasteiger partial charge in [0.15, 0.2) is 0 Å². The van der Waals surface area contributed by atoms with Gasteiger partial charge in [0.1, 0.15) is 0 Å². The van der Waals surface area contributed by atoms with Gasteiger partial charge in [-0.15, -0.1) is 0 Å². The Labute approximate surface area is 164 Å². The number of carbonyl (C=O) groups is 2. The van der Waals surface area contributed by atoms with Crippen molar-refractivity contribution >= 4 is 22.8 Å². The second kappa shape index (κ2) is 7.43. The maximum absolute atomic E-state index is 13.5. The van der Waals surface area contributed by atoms with Gasteiger partial charge >= 0.3 is 6.09 Å². The molecule has 0 aromatic heterocycles. The smallest absolute Gasteiger partial charge is 0.404 e. The number of benzene rings is 2. The standard InChI is InChI=1S/C22H26N2O4/c25-20(24-13-9-16(10-14-24)23-21(26)27)19(22(28)11-4-12-22)18-8-3-6-15-5-1-2-7-17(15)18/h1-3,5-8,16,19,23,28H,4,9-14H2,(H,26,27). The van der Waals surface area contributed by atoms with Crippen LogP contribution in [0.15, 0.2) is 42.5 Å². The molecular formula is C22H26N2O4. The number of nitrogens with zero attached hydrogens (tertiary/aromatic N) is 1. The van der Waals surface area contributed by atoms with Crippen molar-refractivity contribution in [3.05, 3.63) is 48.0 Å². The van der Waals surface area contributed by atoms with Crippen LogP contribution in [0.4, 0.5) is 4.79 Å². The summed E-state index contributed by atoms with van der Waals surface area (Å²) in [6, 6.07) is 13.8. The summed E-state index contributed by atoms with van der Waals surface area (Å²) in [5, 5.41) is 24.7. The van der Waals surface area contributed by atoms with E-state index in [0.29, 0.717) is 38.8 Å². The highest BCUT2D eigenvalue weighted by atomic mass is 16.4. The van der Waals surface area contributed by atoms with Gasteiger partial charge in [-0.25, -0.2) is 4.79 Å². The lowest BCUT2D eigenvalue weighted by molar-refractivity contribution is -0.146. The van der Waals surface area contributed by atoms with Crippen LogP contribution in [-0.2, 0) is 4.79 Å². The van der Waals surface area contributed by atoms with Crippen molar-refractivity contribution in [1.82, 2.24) is 10.2 Å². The van der Waals surface area contributed by atoms with Gasteiger partial charge in [0.05, 0.1) is 11.5 Å². The average molecular weight is 382 g/mol. The number of piperidine rings is 1. The summed E-state index contributed by atoms with van der Waals surface area (Å²) >= 11 is 0. The molecule has 2 aromatic carbocycles. The highest BCUT2D eigenvalue weighted by Gasteiger charge is 2.48. The molecule has 1 aliphatic carbocycles. The third-order valence-electron chi connectivity index (χ3n) is 6.27. The normalized spacial score (nSPS) is 20.4. The van der Waals surface area contributed by atoms with Gasteiger partial charge < -0.3 is 20.4 Å². The first-order valence-electron chi connectivity index (χ1n) is 9.96. The van der Waals surface area contributed by atoms with Crippen LogP contribution in [0.3, 0.4) is 0 Å². The van der Waals surface area contributed by atoms with Crippen LogP contribution in [0, 0.1) is 0 Å². The molecule has 2 aromatic rings. The minimum atomic E-state index is -1.03. The van der Waals surface area contributed by atoms with Crippen molar-refractivity contribution in [3.8, 4) is 0 Å². The summed E-state index contributed by atoms with van der Waals surface area (Å²) in [6.07, 6.45) is 2.35. The van der Waals surface area contributed by atoms with Gasteiger partial charge in [0, 0.05) is 19.1 Å². The molecule has 0 spiro atoms. The van der Waals surface area contributed by atoms with Crippen molar-refractivity contribution in [2.45, 2.75) is 49.7 Å². The van der Waals surface area contributed by atoms with Crippen LogP contribution < -0.4 is 5.32 Å². The monoisotopic (exact) mass is 382 g/mol. The van der Waals surface area contributed by atoms with Gasteiger partial charge in [-0.2, -0.15) is 0 Å². The van der Waals surface area contributed by atoms with Crippen LogP contribution in [-0.4, -0.2) is 51.8 Å². The van der Waals surface area contributed by atoms with Gasteiger partial charge in [0.25, 0.3) is 0 Å². The minimum absolute atomic E-state index is 0.0488. The number of nitrogens with one attached hydrogen (secondary N) is 1. The Morgan fingerprint density at radius 2 is 1.75 bits per heavy atom. The zero-order valence-corrected chi connectivity index (χ0v) is 15.8. The van der Waals surface area contributed by atoms with Crippen LogP contribution in [0.2, 0.25) is 0 Å². The Morgan fingerprint density at radius 3 is 2.39 bits per heavy atom. The fraction of sp³-hybridized carbons (Fsp3) is 0.455. The van der Waals surface area contributed by atoms with E-state index in [-0.39, 0.29) is 11.9 Å². The number of fused-ring (bicyclic) bond motifs is 1. The van der Waals surface area contributed by atoms with Crippen LogP contribution in [0.1, 0.15) is 43.6 Å². The summed E-state index contributed by atoms with van der Waals surface area (Å²) in [7, 11) is 0. The number of rotatable bonds is 4. The topological polar surface area (TPSA) is 89.9 Å². The summed E-state index contributed by atoms with van der Waals surface area (Å²) < 4.78 is 0. The molecule has 1 saturated heterocycles. The van der Waals surface area contributed by atoms with Crippen molar-refractivity contribution < 1.29 is 19.8 Å². The number of aliphatic hydroxyl groups is 1. The van der Waals surface area contributed by atoms with E-state index < -0.39 is 17.6 Å². The molecule has 6 nitrogen and oxygen atoms in total. The van der Waals surface area contributed by atoms with E-state index >= 15 is 0 Å². The molecule has 2 amide bonds. The zero-order valence-electron chi connectivity index (χ0n) is 15.8. The molecule has 3 N–H and O–H groups in total. The number of amides is 2. The predicted octanol–water partition coefficient (Wildman–Crippen LogP) is 3.10. The Bertz CT molecular complexity index is 880. The van der Waals surface area contributed by atoms with Gasteiger partial charge in [-0.1, -0.05) is 42.5 Å². The molecule has 6 heteroatoms. The Balaban J connectivity index is 1.63. The lowest BCUT2D eigenvalue weighted by Crippen LogP contribution is -2.53. The Hall–Kier alpha value is -2.60. The number of hydrogen-bond acceptors (Lipinski definition) is 3. The van der Waals surface area contributed by atoms with E-state index in [0.717, 1.165) is 22.8 Å². The first-order chi connectivity index (χ1) is 13.5. The molecule has 1 aliphatic heterocycles. The second-order valence-electron chi connectivity index (χ2n) is 8.01. The third kappa shape index (κ3) is 3.44. The molecule has 28 heavy (non-hydrogen) atoms. The molecule has 0 bridgehead atoms. The Morgan fingerprint density at radius 1 is 1.07 bits per heavy atom. The fourth-order valence-corrected chi connectivity index (χ4v) is 4.58. The lowest BCUT2D eigenvalue weighted by atomic mass is 9.67. The predicted molar refractivity (Wildman–Crippen MR) is 106 cm³/mol. The van der Waals surface area contributed by atoms with E-state index in [9.17, 15) is 14.7 Å². The van der Waals surface area contributed by atoms with E-state index in [1.165, 1.54) is 0 Å². The number of likely N-dealkylation sites (tertiary alicyclic amines) is 1. The quantitative estimate of drug-likeness (QED) is 0.758. The largest absolute Gasteiger partial charge is 0.465 e. The first-order valence-corrected chi connectivity index (χ1v) is 9.96. The number of hydrogen-bond donors (Lipinski definition) is 3. The molecule has 1 heterocycles. The lowest BCUT2D eigenvalue weighted by Gasteiger charge is -2.45. The van der Waals surface area contributed by atoms with Crippen LogP contribution >= 0.6 is 0 Å². The van der Waals surface area contributed by atoms with E-state index in [2.05, 4.69) is 5.32 Å². The van der Waals surface area contributed by atoms with Crippen molar-refractivity contribution in [2.24, 2.45) is 0 Å². The van der Waals surface area contributed by atoms with Crippen LogP contribution in [0.5, 0.6) is 0 Å². The summed E-state index contributed by atoms with van der Waals surface area (Å²) in [5.74, 6) is -0.635. The van der Waals surface area contributed by atoms with Crippen molar-refractivity contribution in [2.75, 3.05) is 13.1 Å². The molecule has 1 saturated carbocycles. The van der Waals surface area contributed by atoms with Crippen LogP contribution in [0.25, 0.3) is 10.8 Å². The number of carbonyl (C=O) groups excluding carboxylic acids is 1. The molecule has 1 atom stereocenters. The van der Waals surface area contributed by atoms with Gasteiger partial charge in [-0.05, 0) is 48.4 Å². The van der Waals surface area contributed by atoms with E-state index in [4.69, 9.17) is 5.11 Å². The van der Waals surface area contributed by atoms with E-state index in [1.807, 2.05) is 42.5 Å².